The molecule has 1 aliphatic carbocycles. The van der Waals surface area contributed by atoms with Gasteiger partial charge in [-0.3, -0.25) is 8.76 Å². The molecule has 0 saturated heterocycles. The molecule has 0 aromatic carbocycles. The number of allylic oxidation sites excluding steroid dienone is 3. The van der Waals surface area contributed by atoms with Gasteiger partial charge in [0.1, 0.15) is 0 Å². The lowest BCUT2D eigenvalue weighted by Crippen LogP contribution is -2.17. The van der Waals surface area contributed by atoms with Gasteiger partial charge in [-0.25, -0.2) is 0 Å². The smallest absolute Gasteiger partial charge is 0.282 e. The van der Waals surface area contributed by atoms with Crippen LogP contribution < -0.4 is 0 Å². The molecule has 0 saturated carbocycles. The second-order valence-electron chi connectivity index (χ2n) is 6.38. The summed E-state index contributed by atoms with van der Waals surface area (Å²) >= 11 is 0. The van der Waals surface area contributed by atoms with Crippen molar-refractivity contribution in [3.63, 3.8) is 0 Å². The van der Waals surface area contributed by atoms with Gasteiger partial charge in [-0.15, -0.1) is 0 Å². The van der Waals surface area contributed by atoms with Crippen LogP contribution in [-0.4, -0.2) is 29.2 Å². The Balaban J connectivity index is 2.58. The zero-order chi connectivity index (χ0) is 16.1. The summed E-state index contributed by atoms with van der Waals surface area (Å²) in [6.07, 6.45) is 10.3. The van der Waals surface area contributed by atoms with Crippen molar-refractivity contribution in [2.24, 2.45) is 5.41 Å². The summed E-state index contributed by atoms with van der Waals surface area (Å²) in [7, 11) is -4.87. The summed E-state index contributed by atoms with van der Waals surface area (Å²) in [4.78, 5) is 0.0801. The minimum Gasteiger partial charge on any atom is -0.282 e. The summed E-state index contributed by atoms with van der Waals surface area (Å²) in [5.74, 6) is 0.731. The topological polar surface area (TPSA) is 71.4 Å². The maximum Gasteiger partial charge on any atom is 0.294 e. The molecule has 0 aromatic heterocycles. The minimum absolute atomic E-state index is 0.0668. The second kappa shape index (κ2) is 7.70. The molecule has 1 aliphatic rings. The molecule has 1 atom stereocenters. The van der Waals surface area contributed by atoms with E-state index in [4.69, 9.17) is 0 Å². The van der Waals surface area contributed by atoms with Crippen molar-refractivity contribution >= 4 is 20.9 Å². The zero-order valence-corrected chi connectivity index (χ0v) is 14.7. The SMILES string of the molecule is CS(=O)CCCCCCC1=C(S(=O)(=O)O)C=CC(C)(C)C1. The molecule has 0 aromatic rings. The van der Waals surface area contributed by atoms with Gasteiger partial charge in [-0.2, -0.15) is 8.42 Å². The molecule has 0 heterocycles. The molecule has 4 nitrogen and oxygen atoms in total. The van der Waals surface area contributed by atoms with Crippen molar-refractivity contribution in [3.05, 3.63) is 22.6 Å². The Labute approximate surface area is 130 Å². The fourth-order valence-corrected chi connectivity index (χ4v) is 3.98. The van der Waals surface area contributed by atoms with Crippen LogP contribution in [0.1, 0.15) is 52.4 Å². The summed E-state index contributed by atoms with van der Waals surface area (Å²) in [5.41, 5.74) is 0.756. The molecule has 1 unspecified atom stereocenters. The van der Waals surface area contributed by atoms with Gasteiger partial charge < -0.3 is 0 Å². The van der Waals surface area contributed by atoms with Crippen LogP contribution in [0.4, 0.5) is 0 Å². The lowest BCUT2D eigenvalue weighted by Gasteiger charge is -2.27. The Hall–Kier alpha value is -0.460. The Morgan fingerprint density at radius 3 is 2.43 bits per heavy atom. The van der Waals surface area contributed by atoms with Gasteiger partial charge in [0.2, 0.25) is 0 Å². The van der Waals surface area contributed by atoms with Crippen LogP contribution in [-0.2, 0) is 20.9 Å². The highest BCUT2D eigenvalue weighted by Crippen LogP contribution is 2.37. The van der Waals surface area contributed by atoms with E-state index in [2.05, 4.69) is 13.8 Å². The van der Waals surface area contributed by atoms with Crippen LogP contribution in [0.15, 0.2) is 22.6 Å². The van der Waals surface area contributed by atoms with Gasteiger partial charge >= 0.3 is 0 Å². The highest BCUT2D eigenvalue weighted by atomic mass is 32.2. The van der Waals surface area contributed by atoms with Crippen LogP contribution in [0, 0.1) is 5.41 Å². The maximum absolute atomic E-state index is 11.4. The Kier molecular flexibility index (Phi) is 6.81. The van der Waals surface area contributed by atoms with Crippen molar-refractivity contribution in [2.75, 3.05) is 12.0 Å². The third-order valence-corrected chi connectivity index (χ3v) is 5.49. The van der Waals surface area contributed by atoms with Crippen LogP contribution >= 0.6 is 0 Å². The fourth-order valence-electron chi connectivity index (χ4n) is 2.59. The molecular formula is C15H26O4S2. The summed E-state index contributed by atoms with van der Waals surface area (Å²) < 4.78 is 43.1. The first kappa shape index (κ1) is 18.6. The number of hydrogen-bond acceptors (Lipinski definition) is 3. The third-order valence-electron chi connectivity index (χ3n) is 3.64. The van der Waals surface area contributed by atoms with Gasteiger partial charge in [-0.05, 0) is 42.7 Å². The van der Waals surface area contributed by atoms with E-state index in [9.17, 15) is 17.2 Å². The number of rotatable bonds is 8. The lowest BCUT2D eigenvalue weighted by molar-refractivity contribution is 0.452. The van der Waals surface area contributed by atoms with Crippen LogP contribution in [0.25, 0.3) is 0 Å². The first-order valence-corrected chi connectivity index (χ1v) is 10.5. The normalized spacial score (nSPS) is 19.8. The molecule has 0 bridgehead atoms. The molecular weight excluding hydrogens is 308 g/mol. The molecule has 0 amide bonds. The van der Waals surface area contributed by atoms with Crippen LogP contribution in [0.5, 0.6) is 0 Å². The highest BCUT2D eigenvalue weighted by Gasteiger charge is 2.27. The zero-order valence-electron chi connectivity index (χ0n) is 13.1. The average molecular weight is 335 g/mol. The maximum atomic E-state index is 11.4. The monoisotopic (exact) mass is 334 g/mol. The molecule has 0 spiro atoms. The molecule has 21 heavy (non-hydrogen) atoms. The van der Waals surface area contributed by atoms with Gasteiger partial charge in [0.15, 0.2) is 0 Å². The quantitative estimate of drug-likeness (QED) is 0.545. The van der Waals surface area contributed by atoms with Gasteiger partial charge in [-0.1, -0.05) is 32.8 Å². The fraction of sp³-hybridized carbons (Fsp3) is 0.733. The van der Waals surface area contributed by atoms with E-state index >= 15 is 0 Å². The van der Waals surface area contributed by atoms with Gasteiger partial charge in [0.25, 0.3) is 10.1 Å². The van der Waals surface area contributed by atoms with Crippen molar-refractivity contribution in [3.8, 4) is 0 Å². The van der Waals surface area contributed by atoms with E-state index in [0.29, 0.717) is 12.8 Å². The van der Waals surface area contributed by atoms with Crippen LogP contribution in [0.3, 0.4) is 0 Å². The van der Waals surface area contributed by atoms with Gasteiger partial charge in [0, 0.05) is 22.8 Å². The van der Waals surface area contributed by atoms with E-state index in [1.165, 1.54) is 6.08 Å². The van der Waals surface area contributed by atoms with E-state index in [0.717, 1.165) is 37.0 Å². The van der Waals surface area contributed by atoms with Crippen LogP contribution in [0.2, 0.25) is 0 Å². The predicted molar refractivity (Wildman–Crippen MR) is 88.1 cm³/mol. The molecule has 1 rings (SSSR count). The molecule has 0 fully saturated rings. The summed E-state index contributed by atoms with van der Waals surface area (Å²) in [5, 5.41) is 0. The standard InChI is InChI=1S/C15H26O4S2/c1-15(2)10-9-14(21(17,18)19)13(12-15)8-6-4-5-7-11-20(3)16/h9-10H,4-8,11-12H2,1-3H3,(H,17,18,19). The Bertz CT molecular complexity index is 542. The van der Waals surface area contributed by atoms with Crippen molar-refractivity contribution in [1.82, 2.24) is 0 Å². The summed E-state index contributed by atoms with van der Waals surface area (Å²) in [6.45, 7) is 4.11. The molecule has 0 aliphatic heterocycles. The highest BCUT2D eigenvalue weighted by molar-refractivity contribution is 7.90. The van der Waals surface area contributed by atoms with Crippen molar-refractivity contribution in [2.45, 2.75) is 52.4 Å². The summed E-state index contributed by atoms with van der Waals surface area (Å²) in [6, 6.07) is 0. The average Bonchev–Trinajstić information content (AvgIpc) is 2.30. The second-order valence-corrected chi connectivity index (χ2v) is 9.33. The van der Waals surface area contributed by atoms with E-state index < -0.39 is 20.9 Å². The first-order valence-electron chi connectivity index (χ1n) is 7.30. The third kappa shape index (κ3) is 6.89. The van der Waals surface area contributed by atoms with Gasteiger partial charge in [0.05, 0.1) is 4.91 Å². The lowest BCUT2D eigenvalue weighted by atomic mass is 9.80. The molecule has 0 radical (unpaired) electrons. The van der Waals surface area contributed by atoms with E-state index in [1.54, 1.807) is 6.26 Å². The van der Waals surface area contributed by atoms with E-state index in [-0.39, 0.29) is 10.3 Å². The largest absolute Gasteiger partial charge is 0.294 e. The Morgan fingerprint density at radius 1 is 1.24 bits per heavy atom. The first-order chi connectivity index (χ1) is 9.62. The number of unbranched alkanes of at least 4 members (excludes halogenated alkanes) is 3. The predicted octanol–water partition coefficient (Wildman–Crippen LogP) is 3.44. The number of hydrogen-bond donors (Lipinski definition) is 1. The molecule has 1 N–H and O–H groups in total. The van der Waals surface area contributed by atoms with Crippen molar-refractivity contribution in [1.29, 1.82) is 0 Å². The van der Waals surface area contributed by atoms with E-state index in [1.807, 2.05) is 6.08 Å². The minimum atomic E-state index is -4.13. The Morgan fingerprint density at radius 2 is 1.86 bits per heavy atom. The van der Waals surface area contributed by atoms with Crippen molar-refractivity contribution < 1.29 is 17.2 Å². The molecule has 6 heteroatoms. The molecule has 122 valence electrons.